The maximum absolute atomic E-state index is 13.5. The number of benzene rings is 3. The quantitative estimate of drug-likeness (QED) is 0.551. The zero-order chi connectivity index (χ0) is 24.3. The first-order chi connectivity index (χ1) is 16.3. The average molecular weight is 478 g/mol. The Morgan fingerprint density at radius 1 is 0.971 bits per heavy atom. The Kier molecular flexibility index (Phi) is 6.70. The molecule has 0 bridgehead atoms. The molecule has 0 saturated carbocycles. The first kappa shape index (κ1) is 23.5. The summed E-state index contributed by atoms with van der Waals surface area (Å²) in [6.45, 7) is 4.00. The third kappa shape index (κ3) is 4.97. The minimum absolute atomic E-state index is 0.0898. The Balaban J connectivity index is 1.57. The number of rotatable bonds is 7. The van der Waals surface area contributed by atoms with Gasteiger partial charge < -0.3 is 10.2 Å². The van der Waals surface area contributed by atoms with Crippen molar-refractivity contribution in [2.75, 3.05) is 27.6 Å². The van der Waals surface area contributed by atoms with Gasteiger partial charge >= 0.3 is 0 Å². The molecular formula is C26H27N3O4S. The van der Waals surface area contributed by atoms with E-state index >= 15 is 0 Å². The smallest absolute Gasteiger partial charge is 0.264 e. The van der Waals surface area contributed by atoms with E-state index in [-0.39, 0.29) is 17.3 Å². The van der Waals surface area contributed by atoms with Gasteiger partial charge in [0, 0.05) is 24.3 Å². The molecule has 0 unspecified atom stereocenters. The van der Waals surface area contributed by atoms with Crippen LogP contribution < -0.4 is 14.5 Å². The van der Waals surface area contributed by atoms with Gasteiger partial charge in [-0.2, -0.15) is 0 Å². The normalized spacial score (nSPS) is 13.7. The Morgan fingerprint density at radius 2 is 1.65 bits per heavy atom. The van der Waals surface area contributed by atoms with Crippen LogP contribution in [0.2, 0.25) is 0 Å². The molecule has 1 N–H and O–H groups in total. The third-order valence-electron chi connectivity index (χ3n) is 5.82. The molecule has 4 rings (SSSR count). The maximum atomic E-state index is 13.5. The van der Waals surface area contributed by atoms with E-state index in [9.17, 15) is 18.0 Å². The molecule has 0 atom stereocenters. The fourth-order valence-corrected chi connectivity index (χ4v) is 5.44. The fourth-order valence-electron chi connectivity index (χ4n) is 3.96. The van der Waals surface area contributed by atoms with Gasteiger partial charge in [0.25, 0.3) is 10.0 Å². The number of sulfonamides is 1. The summed E-state index contributed by atoms with van der Waals surface area (Å²) in [6, 6.07) is 20.6. The van der Waals surface area contributed by atoms with Crippen LogP contribution in [0.3, 0.4) is 0 Å². The van der Waals surface area contributed by atoms with Crippen molar-refractivity contribution in [3.8, 4) is 0 Å². The highest BCUT2D eigenvalue weighted by atomic mass is 32.2. The molecule has 8 heteroatoms. The van der Waals surface area contributed by atoms with Crippen LogP contribution in [0.25, 0.3) is 0 Å². The van der Waals surface area contributed by atoms with Crippen molar-refractivity contribution < 1.29 is 18.0 Å². The predicted molar refractivity (Wildman–Crippen MR) is 134 cm³/mol. The lowest BCUT2D eigenvalue weighted by molar-refractivity contribution is -0.117. The van der Waals surface area contributed by atoms with Gasteiger partial charge in [-0.15, -0.1) is 0 Å². The van der Waals surface area contributed by atoms with Crippen LogP contribution in [0, 0.1) is 13.8 Å². The summed E-state index contributed by atoms with van der Waals surface area (Å²) in [5.74, 6) is -0.379. The van der Waals surface area contributed by atoms with Gasteiger partial charge in [0.2, 0.25) is 11.8 Å². The molecule has 3 aromatic rings. The summed E-state index contributed by atoms with van der Waals surface area (Å²) >= 11 is 0. The number of anilines is 3. The van der Waals surface area contributed by atoms with Gasteiger partial charge in [-0.05, 0) is 68.3 Å². The molecule has 1 fully saturated rings. The number of para-hydroxylation sites is 1. The van der Waals surface area contributed by atoms with Crippen molar-refractivity contribution >= 4 is 38.9 Å². The van der Waals surface area contributed by atoms with Crippen LogP contribution in [-0.4, -0.2) is 33.3 Å². The lowest BCUT2D eigenvalue weighted by atomic mass is 10.2. The topological polar surface area (TPSA) is 86.8 Å². The Morgan fingerprint density at radius 3 is 2.26 bits per heavy atom. The van der Waals surface area contributed by atoms with Crippen LogP contribution in [0.15, 0.2) is 77.7 Å². The zero-order valence-electron chi connectivity index (χ0n) is 19.2. The first-order valence-corrected chi connectivity index (χ1v) is 12.5. The number of nitrogens with one attached hydrogen (secondary N) is 1. The number of nitrogens with zero attached hydrogens (tertiary/aromatic N) is 2. The number of amides is 2. The van der Waals surface area contributed by atoms with Gasteiger partial charge in [-0.3, -0.25) is 13.9 Å². The molecule has 2 amide bonds. The molecule has 1 aliphatic rings. The van der Waals surface area contributed by atoms with E-state index in [1.807, 2.05) is 26.0 Å². The summed E-state index contributed by atoms with van der Waals surface area (Å²) in [5, 5.41) is 2.77. The second-order valence-corrected chi connectivity index (χ2v) is 10.2. The molecule has 176 valence electrons. The molecule has 0 radical (unpaired) electrons. The minimum atomic E-state index is -3.98. The Bertz CT molecular complexity index is 1300. The highest BCUT2D eigenvalue weighted by Crippen LogP contribution is 2.27. The molecule has 1 heterocycles. The van der Waals surface area contributed by atoms with Crippen LogP contribution in [0.5, 0.6) is 0 Å². The van der Waals surface area contributed by atoms with Crippen molar-refractivity contribution in [3.05, 3.63) is 83.9 Å². The van der Waals surface area contributed by atoms with Crippen LogP contribution in [-0.2, 0) is 19.6 Å². The molecule has 1 saturated heterocycles. The molecule has 0 aromatic heterocycles. The molecular weight excluding hydrogens is 450 g/mol. The number of hydrogen-bond acceptors (Lipinski definition) is 4. The second kappa shape index (κ2) is 9.69. The van der Waals surface area contributed by atoms with Gasteiger partial charge in [0.05, 0.1) is 10.6 Å². The standard InChI is InChI=1S/C26H27N3O4S/c1-19-9-15-23(16-10-19)34(32,33)29(24-7-4-3-6-20(24)2)18-25(30)27-21-11-13-22(14-12-21)28-17-5-8-26(28)31/h3-4,6-7,9-16H,5,8,17-18H2,1-2H3,(H,27,30). The highest BCUT2D eigenvalue weighted by molar-refractivity contribution is 7.92. The van der Waals surface area contributed by atoms with E-state index in [2.05, 4.69) is 5.32 Å². The second-order valence-electron chi connectivity index (χ2n) is 8.36. The number of carbonyl (C=O) groups excluding carboxylic acids is 2. The molecule has 0 aliphatic carbocycles. The van der Waals surface area contributed by atoms with Crippen LogP contribution in [0.4, 0.5) is 17.1 Å². The van der Waals surface area contributed by atoms with Gasteiger partial charge in [-0.25, -0.2) is 8.42 Å². The number of carbonyl (C=O) groups is 2. The van der Waals surface area contributed by atoms with Gasteiger partial charge in [0.1, 0.15) is 6.54 Å². The summed E-state index contributed by atoms with van der Waals surface area (Å²) < 4.78 is 28.2. The van der Waals surface area contributed by atoms with Crippen molar-refractivity contribution in [3.63, 3.8) is 0 Å². The lowest BCUT2D eigenvalue weighted by Crippen LogP contribution is -2.38. The van der Waals surface area contributed by atoms with E-state index in [1.165, 1.54) is 0 Å². The molecule has 7 nitrogen and oxygen atoms in total. The monoisotopic (exact) mass is 477 g/mol. The molecule has 3 aromatic carbocycles. The van der Waals surface area contributed by atoms with Crippen molar-refractivity contribution in [1.82, 2.24) is 0 Å². The summed E-state index contributed by atoms with van der Waals surface area (Å²) in [5.41, 5.74) is 3.44. The summed E-state index contributed by atoms with van der Waals surface area (Å²) in [4.78, 5) is 26.7. The third-order valence-corrected chi connectivity index (χ3v) is 7.59. The first-order valence-electron chi connectivity index (χ1n) is 11.1. The Labute approximate surface area is 200 Å². The van der Waals surface area contributed by atoms with E-state index in [0.29, 0.717) is 24.3 Å². The average Bonchev–Trinajstić information content (AvgIpc) is 3.24. The number of aryl methyl sites for hydroxylation is 2. The molecule has 0 spiro atoms. The number of hydrogen-bond donors (Lipinski definition) is 1. The maximum Gasteiger partial charge on any atom is 0.264 e. The fraction of sp³-hybridized carbons (Fsp3) is 0.231. The van der Waals surface area contributed by atoms with E-state index < -0.39 is 15.9 Å². The molecule has 1 aliphatic heterocycles. The van der Waals surface area contributed by atoms with E-state index in [0.717, 1.165) is 27.5 Å². The summed E-state index contributed by atoms with van der Waals surface area (Å²) in [6.07, 6.45) is 1.38. The van der Waals surface area contributed by atoms with Crippen molar-refractivity contribution in [1.29, 1.82) is 0 Å². The highest BCUT2D eigenvalue weighted by Gasteiger charge is 2.28. The van der Waals surface area contributed by atoms with E-state index in [4.69, 9.17) is 0 Å². The van der Waals surface area contributed by atoms with E-state index in [1.54, 1.807) is 65.6 Å². The largest absolute Gasteiger partial charge is 0.325 e. The van der Waals surface area contributed by atoms with Crippen LogP contribution >= 0.6 is 0 Å². The van der Waals surface area contributed by atoms with Gasteiger partial charge in [-0.1, -0.05) is 35.9 Å². The SMILES string of the molecule is Cc1ccc(S(=O)(=O)N(CC(=O)Nc2ccc(N3CCCC3=O)cc2)c2ccccc2C)cc1. The predicted octanol–water partition coefficient (Wildman–Crippen LogP) is 4.26. The zero-order valence-corrected chi connectivity index (χ0v) is 20.0. The van der Waals surface area contributed by atoms with Crippen molar-refractivity contribution in [2.45, 2.75) is 31.6 Å². The van der Waals surface area contributed by atoms with Crippen molar-refractivity contribution in [2.24, 2.45) is 0 Å². The minimum Gasteiger partial charge on any atom is -0.325 e. The Hall–Kier alpha value is -3.65. The van der Waals surface area contributed by atoms with Crippen LogP contribution in [0.1, 0.15) is 24.0 Å². The summed E-state index contributed by atoms with van der Waals surface area (Å²) in [7, 11) is -3.98. The van der Waals surface area contributed by atoms with Gasteiger partial charge in [0.15, 0.2) is 0 Å². The lowest BCUT2D eigenvalue weighted by Gasteiger charge is -2.25. The molecule has 34 heavy (non-hydrogen) atoms.